The Morgan fingerprint density at radius 3 is 2.42 bits per heavy atom. The number of fused-ring (bicyclic) bond motifs is 1. The Kier molecular flexibility index (Phi) is 5.38. The zero-order valence-electron chi connectivity index (χ0n) is 16.8. The van der Waals surface area contributed by atoms with Crippen molar-refractivity contribution in [1.82, 2.24) is 25.0 Å². The lowest BCUT2D eigenvalue weighted by Gasteiger charge is -2.16. The largest absolute Gasteiger partial charge is 0.496 e. The molecule has 4 rings (SSSR count). The molecular formula is C21H19N5O4S. The third-order valence-corrected chi connectivity index (χ3v) is 5.47. The summed E-state index contributed by atoms with van der Waals surface area (Å²) >= 11 is 5.07. The first-order chi connectivity index (χ1) is 14.9. The van der Waals surface area contributed by atoms with Crippen molar-refractivity contribution in [3.63, 3.8) is 0 Å². The van der Waals surface area contributed by atoms with Gasteiger partial charge in [-0.3, -0.25) is 24.4 Å². The molecule has 3 aromatic rings. The maximum Gasteiger partial charge on any atom is 0.261 e. The zero-order valence-corrected chi connectivity index (χ0v) is 17.7. The number of carbonyl (C=O) groups is 3. The van der Waals surface area contributed by atoms with Crippen LogP contribution >= 0.6 is 12.2 Å². The molecule has 1 aromatic heterocycles. The highest BCUT2D eigenvalue weighted by molar-refractivity contribution is 7.71. The van der Waals surface area contributed by atoms with E-state index in [9.17, 15) is 14.4 Å². The minimum atomic E-state index is -0.380. The summed E-state index contributed by atoms with van der Waals surface area (Å²) in [6.45, 7) is 0.207. The molecule has 0 radical (unpaired) electrons. The Balaban J connectivity index is 1.54. The maximum absolute atomic E-state index is 12.8. The average molecular weight is 437 g/mol. The van der Waals surface area contributed by atoms with Gasteiger partial charge in [-0.25, -0.2) is 0 Å². The van der Waals surface area contributed by atoms with Gasteiger partial charge in [0, 0.05) is 7.05 Å². The van der Waals surface area contributed by atoms with Crippen molar-refractivity contribution < 1.29 is 19.1 Å². The number of hydrogen-bond acceptors (Lipinski definition) is 6. The van der Waals surface area contributed by atoms with Gasteiger partial charge in [0.1, 0.15) is 5.75 Å². The minimum Gasteiger partial charge on any atom is -0.496 e. The highest BCUT2D eigenvalue weighted by Gasteiger charge is 2.35. The van der Waals surface area contributed by atoms with Crippen LogP contribution in [0.3, 0.4) is 0 Å². The van der Waals surface area contributed by atoms with Crippen molar-refractivity contribution in [2.45, 2.75) is 13.1 Å². The number of ether oxygens (including phenoxy) is 1. The number of nitrogens with one attached hydrogen (secondary N) is 2. The lowest BCUT2D eigenvalue weighted by molar-refractivity contribution is 0.0642. The van der Waals surface area contributed by atoms with Crippen LogP contribution in [0.25, 0.3) is 0 Å². The maximum atomic E-state index is 12.8. The number of benzene rings is 2. The van der Waals surface area contributed by atoms with Crippen LogP contribution in [-0.2, 0) is 20.1 Å². The lowest BCUT2D eigenvalue weighted by atomic mass is 10.1. The molecule has 0 bridgehead atoms. The molecule has 158 valence electrons. The van der Waals surface area contributed by atoms with Crippen LogP contribution in [0, 0.1) is 4.77 Å². The molecule has 2 N–H and O–H groups in total. The Labute approximate surface area is 182 Å². The van der Waals surface area contributed by atoms with Crippen LogP contribution in [0.1, 0.15) is 42.5 Å². The van der Waals surface area contributed by atoms with E-state index in [-0.39, 0.29) is 36.4 Å². The summed E-state index contributed by atoms with van der Waals surface area (Å²) < 4.78 is 7.42. The molecule has 0 spiro atoms. The van der Waals surface area contributed by atoms with Crippen LogP contribution in [0.4, 0.5) is 0 Å². The van der Waals surface area contributed by atoms with E-state index in [1.165, 1.54) is 12.0 Å². The second-order valence-corrected chi connectivity index (χ2v) is 7.35. The fourth-order valence-electron chi connectivity index (χ4n) is 3.39. The first-order valence-electron chi connectivity index (χ1n) is 9.41. The minimum absolute atomic E-state index is 0.0459. The van der Waals surface area contributed by atoms with Gasteiger partial charge in [0.15, 0.2) is 10.6 Å². The number of hydrogen-bond donors (Lipinski definition) is 2. The number of amides is 3. The Morgan fingerprint density at radius 1 is 1.16 bits per heavy atom. The standard InChI is InChI=1S/C21H19N5O4S/c1-25-17(23-24-21(25)31)10-22-18(27)15-9-12(7-8-16(15)30-2)11-26-19(28)13-5-3-4-6-14(13)20(26)29/h3-9H,10-11H2,1-2H3,(H,22,27)(H,24,31). The molecule has 0 fully saturated rings. The third kappa shape index (κ3) is 3.73. The highest BCUT2D eigenvalue weighted by atomic mass is 32.1. The summed E-state index contributed by atoms with van der Waals surface area (Å²) in [7, 11) is 3.21. The molecule has 0 saturated heterocycles. The van der Waals surface area contributed by atoms with Gasteiger partial charge in [-0.1, -0.05) is 18.2 Å². The second-order valence-electron chi connectivity index (χ2n) is 6.96. The molecule has 31 heavy (non-hydrogen) atoms. The number of nitrogens with zero attached hydrogens (tertiary/aromatic N) is 3. The number of carbonyl (C=O) groups excluding carboxylic acids is 3. The quantitative estimate of drug-likeness (QED) is 0.452. The molecule has 2 heterocycles. The van der Waals surface area contributed by atoms with Crippen molar-refractivity contribution in [1.29, 1.82) is 0 Å². The predicted molar refractivity (Wildman–Crippen MR) is 113 cm³/mol. The smallest absolute Gasteiger partial charge is 0.261 e. The fraction of sp³-hybridized carbons (Fsp3) is 0.190. The lowest BCUT2D eigenvalue weighted by Crippen LogP contribution is -2.29. The van der Waals surface area contributed by atoms with Crippen molar-refractivity contribution >= 4 is 29.9 Å². The number of rotatable bonds is 6. The van der Waals surface area contributed by atoms with Crippen LogP contribution in [0.2, 0.25) is 0 Å². The van der Waals surface area contributed by atoms with Gasteiger partial charge >= 0.3 is 0 Å². The normalized spacial score (nSPS) is 12.8. The molecule has 0 unspecified atom stereocenters. The van der Waals surface area contributed by atoms with E-state index in [1.54, 1.807) is 54.1 Å². The Morgan fingerprint density at radius 2 is 1.84 bits per heavy atom. The van der Waals surface area contributed by atoms with Crippen molar-refractivity contribution in [3.8, 4) is 5.75 Å². The molecule has 2 aromatic carbocycles. The number of aromatic nitrogens is 3. The monoisotopic (exact) mass is 437 g/mol. The van der Waals surface area contributed by atoms with Crippen LogP contribution in [0.5, 0.6) is 5.75 Å². The van der Waals surface area contributed by atoms with Gasteiger partial charge in [-0.05, 0) is 42.0 Å². The Hall–Kier alpha value is -3.79. The number of imide groups is 1. The molecule has 0 atom stereocenters. The van der Waals surface area contributed by atoms with Gasteiger partial charge in [0.2, 0.25) is 0 Å². The molecule has 0 aliphatic carbocycles. The van der Waals surface area contributed by atoms with E-state index in [1.807, 2.05) is 0 Å². The highest BCUT2D eigenvalue weighted by Crippen LogP contribution is 2.26. The van der Waals surface area contributed by atoms with E-state index in [0.29, 0.717) is 33.0 Å². The van der Waals surface area contributed by atoms with Gasteiger partial charge in [0.25, 0.3) is 17.7 Å². The van der Waals surface area contributed by atoms with Crippen molar-refractivity contribution in [2.75, 3.05) is 7.11 Å². The summed E-state index contributed by atoms with van der Waals surface area (Å²) in [4.78, 5) is 39.2. The molecule has 1 aliphatic rings. The fourth-order valence-corrected chi connectivity index (χ4v) is 3.54. The molecule has 9 nitrogen and oxygen atoms in total. The van der Waals surface area contributed by atoms with E-state index in [0.717, 1.165) is 0 Å². The van der Waals surface area contributed by atoms with Gasteiger partial charge in [-0.2, -0.15) is 5.10 Å². The van der Waals surface area contributed by atoms with Crippen molar-refractivity contribution in [3.05, 3.63) is 75.3 Å². The first kappa shape index (κ1) is 20.5. The van der Waals surface area contributed by atoms with Gasteiger partial charge in [-0.15, -0.1) is 0 Å². The van der Waals surface area contributed by atoms with Crippen LogP contribution < -0.4 is 10.1 Å². The topological polar surface area (TPSA) is 109 Å². The molecule has 0 saturated carbocycles. The third-order valence-electron chi connectivity index (χ3n) is 5.11. The number of aromatic amines is 1. The van der Waals surface area contributed by atoms with E-state index in [2.05, 4.69) is 15.5 Å². The van der Waals surface area contributed by atoms with E-state index in [4.69, 9.17) is 17.0 Å². The molecule has 1 aliphatic heterocycles. The molecule has 10 heteroatoms. The summed E-state index contributed by atoms with van der Waals surface area (Å²) in [6, 6.07) is 11.7. The molecule has 3 amide bonds. The average Bonchev–Trinajstić information content (AvgIpc) is 3.23. The first-order valence-corrected chi connectivity index (χ1v) is 9.82. The summed E-state index contributed by atoms with van der Waals surface area (Å²) in [5, 5.41) is 9.50. The SMILES string of the molecule is COc1ccc(CN2C(=O)c3ccccc3C2=O)cc1C(=O)NCc1n[nH]c(=S)n1C. The number of methoxy groups -OCH3 is 1. The summed E-state index contributed by atoms with van der Waals surface area (Å²) in [6.07, 6.45) is 0. The van der Waals surface area contributed by atoms with Gasteiger partial charge < -0.3 is 14.6 Å². The van der Waals surface area contributed by atoms with E-state index >= 15 is 0 Å². The summed E-state index contributed by atoms with van der Waals surface area (Å²) in [5.41, 5.74) is 1.67. The Bertz CT molecular complexity index is 1230. The van der Waals surface area contributed by atoms with Crippen LogP contribution in [0.15, 0.2) is 42.5 Å². The zero-order chi connectivity index (χ0) is 22.1. The summed E-state index contributed by atoms with van der Waals surface area (Å²) in [5.74, 6) is -0.144. The van der Waals surface area contributed by atoms with Crippen LogP contribution in [-0.4, -0.2) is 44.5 Å². The predicted octanol–water partition coefficient (Wildman–Crippen LogP) is 2.21. The van der Waals surface area contributed by atoms with Gasteiger partial charge in [0.05, 0.1) is 36.9 Å². The second kappa shape index (κ2) is 8.15. The van der Waals surface area contributed by atoms with E-state index < -0.39 is 0 Å². The molecular weight excluding hydrogens is 418 g/mol. The number of H-pyrrole nitrogens is 1. The van der Waals surface area contributed by atoms with Crippen molar-refractivity contribution in [2.24, 2.45) is 7.05 Å².